The molecule has 182 valence electrons. The van der Waals surface area contributed by atoms with Gasteiger partial charge in [-0.15, -0.1) is 0 Å². The normalized spacial score (nSPS) is 12.4. The zero-order valence-corrected chi connectivity index (χ0v) is 19.8. The lowest BCUT2D eigenvalue weighted by molar-refractivity contribution is 0.102. The molecule has 2 N–H and O–H groups in total. The summed E-state index contributed by atoms with van der Waals surface area (Å²) in [6, 6.07) is 15.6. The number of nitrogens with one attached hydrogen (secondary N) is 2. The van der Waals surface area contributed by atoms with Crippen LogP contribution in [0.1, 0.15) is 10.4 Å². The van der Waals surface area contributed by atoms with Gasteiger partial charge in [0.25, 0.3) is 15.9 Å². The Bertz CT molecular complexity index is 1340. The average Bonchev–Trinajstić information content (AvgIpc) is 2.88. The highest BCUT2D eigenvalue weighted by atomic mass is 32.2. The van der Waals surface area contributed by atoms with Crippen LogP contribution in [-0.4, -0.2) is 41.3 Å². The molecule has 1 aliphatic rings. The minimum absolute atomic E-state index is 0.0496. The van der Waals surface area contributed by atoms with Gasteiger partial charge in [0.2, 0.25) is 0 Å². The summed E-state index contributed by atoms with van der Waals surface area (Å²) in [6.45, 7) is 4.69. The second-order valence-corrected chi connectivity index (χ2v) is 9.09. The van der Waals surface area contributed by atoms with E-state index in [9.17, 15) is 13.2 Å². The molecule has 10 heteroatoms. The van der Waals surface area contributed by atoms with Gasteiger partial charge < -0.3 is 24.3 Å². The van der Waals surface area contributed by atoms with E-state index < -0.39 is 10.0 Å². The van der Waals surface area contributed by atoms with Crippen molar-refractivity contribution < 1.29 is 32.2 Å². The van der Waals surface area contributed by atoms with Crippen molar-refractivity contribution >= 4 is 27.3 Å². The minimum Gasteiger partial charge on any atom is -0.493 e. The van der Waals surface area contributed by atoms with Crippen molar-refractivity contribution in [2.24, 2.45) is 0 Å². The lowest BCUT2D eigenvalue weighted by Crippen LogP contribution is -2.17. The Morgan fingerprint density at radius 1 is 0.971 bits per heavy atom. The van der Waals surface area contributed by atoms with Crippen LogP contribution >= 0.6 is 0 Å². The van der Waals surface area contributed by atoms with Crippen molar-refractivity contribution in [1.82, 2.24) is 0 Å². The summed E-state index contributed by atoms with van der Waals surface area (Å²) in [4.78, 5) is 12.7. The van der Waals surface area contributed by atoms with E-state index in [0.29, 0.717) is 59.8 Å². The molecule has 0 bridgehead atoms. The van der Waals surface area contributed by atoms with Crippen molar-refractivity contribution in [3.05, 3.63) is 78.9 Å². The number of carbonyl (C=O) groups is 1. The molecule has 4 rings (SSSR count). The lowest BCUT2D eigenvalue weighted by atomic mass is 10.1. The fourth-order valence-electron chi connectivity index (χ4n) is 3.31. The van der Waals surface area contributed by atoms with Crippen LogP contribution in [0.2, 0.25) is 0 Å². The van der Waals surface area contributed by atoms with Crippen LogP contribution in [-0.2, 0) is 10.0 Å². The van der Waals surface area contributed by atoms with Gasteiger partial charge >= 0.3 is 0 Å². The number of carbonyl (C=O) groups excluding carboxylic acids is 1. The molecule has 0 aliphatic carbocycles. The Labute approximate surface area is 203 Å². The summed E-state index contributed by atoms with van der Waals surface area (Å²) >= 11 is 0. The van der Waals surface area contributed by atoms with Crippen LogP contribution in [0.15, 0.2) is 78.2 Å². The summed E-state index contributed by atoms with van der Waals surface area (Å²) < 4.78 is 49.8. The first kappa shape index (κ1) is 24.0. The monoisotopic (exact) mass is 496 g/mol. The molecule has 9 nitrogen and oxygen atoms in total. The Hall–Kier alpha value is -4.18. The fourth-order valence-corrected chi connectivity index (χ4v) is 4.38. The Morgan fingerprint density at radius 3 is 2.40 bits per heavy atom. The van der Waals surface area contributed by atoms with Crippen LogP contribution in [0.3, 0.4) is 0 Å². The number of hydrogen-bond acceptors (Lipinski definition) is 7. The molecule has 0 aromatic heterocycles. The highest BCUT2D eigenvalue weighted by molar-refractivity contribution is 7.92. The molecule has 0 unspecified atom stereocenters. The minimum atomic E-state index is -3.85. The topological polar surface area (TPSA) is 112 Å². The molecule has 1 heterocycles. The molecule has 0 fully saturated rings. The molecular weight excluding hydrogens is 472 g/mol. The van der Waals surface area contributed by atoms with Gasteiger partial charge in [0.1, 0.15) is 19.8 Å². The predicted octanol–water partition coefficient (Wildman–Crippen LogP) is 4.08. The number of benzene rings is 3. The van der Waals surface area contributed by atoms with E-state index in [4.69, 9.17) is 18.9 Å². The average molecular weight is 497 g/mol. The SMILES string of the molecule is C=CCOc1ccc(C(=O)Nc2ccc(NS(=O)(=O)c3ccc4c(c3)OCCO4)cc2)cc1OC. The van der Waals surface area contributed by atoms with Crippen LogP contribution in [0.4, 0.5) is 11.4 Å². The molecule has 0 saturated carbocycles. The van der Waals surface area contributed by atoms with E-state index in [1.54, 1.807) is 54.6 Å². The highest BCUT2D eigenvalue weighted by Crippen LogP contribution is 2.33. The van der Waals surface area contributed by atoms with Gasteiger partial charge in [-0.05, 0) is 54.6 Å². The predicted molar refractivity (Wildman–Crippen MR) is 131 cm³/mol. The first-order valence-corrected chi connectivity index (χ1v) is 12.1. The zero-order valence-electron chi connectivity index (χ0n) is 18.9. The van der Waals surface area contributed by atoms with E-state index in [1.807, 2.05) is 0 Å². The highest BCUT2D eigenvalue weighted by Gasteiger charge is 2.19. The number of hydrogen-bond donors (Lipinski definition) is 2. The summed E-state index contributed by atoms with van der Waals surface area (Å²) in [5.74, 6) is 1.45. The zero-order chi connectivity index (χ0) is 24.8. The van der Waals surface area contributed by atoms with E-state index in [2.05, 4.69) is 16.6 Å². The Balaban J connectivity index is 1.42. The molecule has 1 amide bonds. The van der Waals surface area contributed by atoms with Crippen molar-refractivity contribution in [1.29, 1.82) is 0 Å². The number of sulfonamides is 1. The van der Waals surface area contributed by atoms with Crippen molar-refractivity contribution in [3.63, 3.8) is 0 Å². The maximum absolute atomic E-state index is 12.8. The Morgan fingerprint density at radius 2 is 1.69 bits per heavy atom. The second-order valence-electron chi connectivity index (χ2n) is 7.41. The third kappa shape index (κ3) is 5.67. The Kier molecular flexibility index (Phi) is 7.11. The largest absolute Gasteiger partial charge is 0.493 e. The number of ether oxygens (including phenoxy) is 4. The number of amides is 1. The van der Waals surface area contributed by atoms with Gasteiger partial charge in [0.05, 0.1) is 12.0 Å². The van der Waals surface area contributed by atoms with Gasteiger partial charge in [-0.3, -0.25) is 9.52 Å². The van der Waals surface area contributed by atoms with Crippen LogP contribution in [0, 0.1) is 0 Å². The smallest absolute Gasteiger partial charge is 0.262 e. The van der Waals surface area contributed by atoms with Crippen LogP contribution in [0.25, 0.3) is 0 Å². The first-order valence-electron chi connectivity index (χ1n) is 10.7. The van der Waals surface area contributed by atoms with Crippen molar-refractivity contribution in [2.45, 2.75) is 4.90 Å². The molecule has 3 aromatic carbocycles. The maximum Gasteiger partial charge on any atom is 0.262 e. The van der Waals surface area contributed by atoms with E-state index in [1.165, 1.54) is 19.2 Å². The molecule has 0 atom stereocenters. The number of fused-ring (bicyclic) bond motifs is 1. The molecule has 0 radical (unpaired) electrons. The second kappa shape index (κ2) is 10.4. The maximum atomic E-state index is 12.8. The quantitative estimate of drug-likeness (QED) is 0.429. The van der Waals surface area contributed by atoms with E-state index >= 15 is 0 Å². The number of anilines is 2. The van der Waals surface area contributed by atoms with E-state index in [-0.39, 0.29) is 10.8 Å². The molecular formula is C25H24N2O7S. The van der Waals surface area contributed by atoms with Crippen LogP contribution < -0.4 is 29.0 Å². The van der Waals surface area contributed by atoms with Crippen molar-refractivity contribution in [3.8, 4) is 23.0 Å². The van der Waals surface area contributed by atoms with Gasteiger partial charge in [-0.2, -0.15) is 0 Å². The van der Waals surface area contributed by atoms with Gasteiger partial charge in [0.15, 0.2) is 23.0 Å². The number of methoxy groups -OCH3 is 1. The van der Waals surface area contributed by atoms with E-state index in [0.717, 1.165) is 0 Å². The summed E-state index contributed by atoms with van der Waals surface area (Å²) in [5.41, 5.74) is 1.20. The van der Waals surface area contributed by atoms with Gasteiger partial charge in [0, 0.05) is 23.0 Å². The lowest BCUT2D eigenvalue weighted by Gasteiger charge is -2.19. The van der Waals surface area contributed by atoms with Gasteiger partial charge in [-0.25, -0.2) is 8.42 Å². The standard InChI is InChI=1S/C25H24N2O7S/c1-3-12-32-21-10-4-17(15-23(21)31-2)25(28)26-18-5-7-19(8-6-18)27-35(29,30)20-9-11-22-24(16-20)34-14-13-33-22/h3-11,15-16,27H,1,12-14H2,2H3,(H,26,28). The molecule has 0 spiro atoms. The number of rotatable bonds is 9. The molecule has 0 saturated heterocycles. The third-order valence-corrected chi connectivity index (χ3v) is 6.38. The summed E-state index contributed by atoms with van der Waals surface area (Å²) in [7, 11) is -2.36. The summed E-state index contributed by atoms with van der Waals surface area (Å²) in [5, 5.41) is 2.77. The molecule has 3 aromatic rings. The summed E-state index contributed by atoms with van der Waals surface area (Å²) in [6.07, 6.45) is 1.61. The van der Waals surface area contributed by atoms with Crippen LogP contribution in [0.5, 0.6) is 23.0 Å². The van der Waals surface area contributed by atoms with Crippen molar-refractivity contribution in [2.75, 3.05) is 37.0 Å². The molecule has 35 heavy (non-hydrogen) atoms. The molecule has 1 aliphatic heterocycles. The van der Waals surface area contributed by atoms with Gasteiger partial charge in [-0.1, -0.05) is 12.7 Å². The third-order valence-electron chi connectivity index (χ3n) is 5.00. The first-order chi connectivity index (χ1) is 16.9. The fraction of sp³-hybridized carbons (Fsp3) is 0.160.